The fraction of sp³-hybridized carbons (Fsp3) is 0.533. The van der Waals surface area contributed by atoms with Gasteiger partial charge in [0.05, 0.1) is 18.6 Å². The van der Waals surface area contributed by atoms with Gasteiger partial charge in [-0.25, -0.2) is 0 Å². The molecule has 4 nitrogen and oxygen atoms in total. The second kappa shape index (κ2) is 6.06. The third-order valence-corrected chi connectivity index (χ3v) is 3.52. The number of carbonyl (C=O) groups is 1. The van der Waals surface area contributed by atoms with Gasteiger partial charge < -0.3 is 14.7 Å². The van der Waals surface area contributed by atoms with Crippen LogP contribution in [0.5, 0.6) is 5.75 Å². The first kappa shape index (κ1) is 13.9. The molecule has 1 aliphatic heterocycles. The Morgan fingerprint density at radius 3 is 2.58 bits per heavy atom. The molecule has 4 heteroatoms. The number of para-hydroxylation sites is 1. The van der Waals surface area contributed by atoms with E-state index in [4.69, 9.17) is 4.74 Å². The summed E-state index contributed by atoms with van der Waals surface area (Å²) >= 11 is 0. The van der Waals surface area contributed by atoms with Crippen LogP contribution in [0.15, 0.2) is 30.3 Å². The molecule has 1 N–H and O–H groups in total. The molecule has 104 valence electrons. The summed E-state index contributed by atoms with van der Waals surface area (Å²) in [7, 11) is 0. The van der Waals surface area contributed by atoms with Gasteiger partial charge in [0, 0.05) is 13.1 Å². The van der Waals surface area contributed by atoms with Crippen molar-refractivity contribution in [3.8, 4) is 5.75 Å². The number of hydrogen-bond acceptors (Lipinski definition) is 3. The topological polar surface area (TPSA) is 49.8 Å². The van der Waals surface area contributed by atoms with E-state index >= 15 is 0 Å². The van der Waals surface area contributed by atoms with E-state index < -0.39 is 5.60 Å². The third kappa shape index (κ3) is 4.24. The highest BCUT2D eigenvalue weighted by Crippen LogP contribution is 2.21. The maximum absolute atomic E-state index is 12.0. The average Bonchev–Trinajstić information content (AvgIpc) is 2.39. The van der Waals surface area contributed by atoms with Crippen molar-refractivity contribution in [2.24, 2.45) is 0 Å². The third-order valence-electron chi connectivity index (χ3n) is 3.52. The van der Waals surface area contributed by atoms with E-state index in [-0.39, 0.29) is 5.91 Å². The zero-order chi connectivity index (χ0) is 13.7. The molecule has 1 aromatic rings. The molecule has 1 aromatic carbocycles. The van der Waals surface area contributed by atoms with Gasteiger partial charge in [0.15, 0.2) is 0 Å². The van der Waals surface area contributed by atoms with Crippen LogP contribution < -0.4 is 4.74 Å². The van der Waals surface area contributed by atoms with Crippen LogP contribution in [0.1, 0.15) is 26.2 Å². The molecule has 1 amide bonds. The van der Waals surface area contributed by atoms with Gasteiger partial charge in [-0.2, -0.15) is 0 Å². The minimum atomic E-state index is -0.614. The van der Waals surface area contributed by atoms with Gasteiger partial charge in [-0.3, -0.25) is 4.79 Å². The van der Waals surface area contributed by atoms with Crippen molar-refractivity contribution in [2.45, 2.75) is 31.8 Å². The summed E-state index contributed by atoms with van der Waals surface area (Å²) in [5, 5.41) is 9.84. The number of aliphatic hydroxyl groups is 1. The first-order valence-corrected chi connectivity index (χ1v) is 6.75. The van der Waals surface area contributed by atoms with Crippen LogP contribution in [0.3, 0.4) is 0 Å². The molecule has 1 aliphatic rings. The lowest BCUT2D eigenvalue weighted by molar-refractivity contribution is -0.135. The summed E-state index contributed by atoms with van der Waals surface area (Å²) in [4.78, 5) is 13.8. The van der Waals surface area contributed by atoms with Crippen LogP contribution in [-0.2, 0) is 4.79 Å². The van der Waals surface area contributed by atoms with Crippen LogP contribution in [0.4, 0.5) is 0 Å². The maximum Gasteiger partial charge on any atom is 0.226 e. The fourth-order valence-corrected chi connectivity index (χ4v) is 2.17. The lowest BCUT2D eigenvalue weighted by atomic mass is 9.94. The number of nitrogens with zero attached hydrogens (tertiary/aromatic N) is 1. The Morgan fingerprint density at radius 2 is 1.95 bits per heavy atom. The van der Waals surface area contributed by atoms with Gasteiger partial charge in [-0.05, 0) is 31.9 Å². The Kier molecular flexibility index (Phi) is 4.43. The minimum absolute atomic E-state index is 0.103. The number of amides is 1. The molecule has 0 atom stereocenters. The predicted octanol–water partition coefficient (Wildman–Crippen LogP) is 1.83. The minimum Gasteiger partial charge on any atom is -0.493 e. The zero-order valence-corrected chi connectivity index (χ0v) is 11.3. The Hall–Kier alpha value is -1.55. The maximum atomic E-state index is 12.0. The van der Waals surface area contributed by atoms with Gasteiger partial charge in [0.2, 0.25) is 5.91 Å². The second-order valence-corrected chi connectivity index (χ2v) is 5.29. The monoisotopic (exact) mass is 263 g/mol. The Morgan fingerprint density at radius 1 is 1.32 bits per heavy atom. The van der Waals surface area contributed by atoms with E-state index in [0.29, 0.717) is 39.0 Å². The van der Waals surface area contributed by atoms with Crippen molar-refractivity contribution >= 4 is 5.91 Å². The van der Waals surface area contributed by atoms with Gasteiger partial charge in [0.25, 0.3) is 0 Å². The fourth-order valence-electron chi connectivity index (χ4n) is 2.17. The van der Waals surface area contributed by atoms with Crippen molar-refractivity contribution < 1.29 is 14.6 Å². The van der Waals surface area contributed by atoms with Crippen molar-refractivity contribution in [1.82, 2.24) is 4.90 Å². The molecule has 1 fully saturated rings. The molecule has 19 heavy (non-hydrogen) atoms. The normalized spacial score (nSPS) is 18.1. The molecule has 0 aromatic heterocycles. The molecule has 0 spiro atoms. The largest absolute Gasteiger partial charge is 0.493 e. The number of benzene rings is 1. The number of likely N-dealkylation sites (tertiary alicyclic amines) is 1. The Bertz CT molecular complexity index is 407. The highest BCUT2D eigenvalue weighted by atomic mass is 16.5. The van der Waals surface area contributed by atoms with Crippen molar-refractivity contribution in [2.75, 3.05) is 19.7 Å². The molecule has 1 saturated heterocycles. The number of rotatable bonds is 4. The second-order valence-electron chi connectivity index (χ2n) is 5.29. The highest BCUT2D eigenvalue weighted by molar-refractivity contribution is 5.76. The van der Waals surface area contributed by atoms with Crippen LogP contribution in [0.25, 0.3) is 0 Å². The first-order valence-electron chi connectivity index (χ1n) is 6.75. The Labute approximate surface area is 114 Å². The zero-order valence-electron chi connectivity index (χ0n) is 11.3. The van der Waals surface area contributed by atoms with Gasteiger partial charge in [0.1, 0.15) is 5.75 Å². The first-order chi connectivity index (χ1) is 9.07. The van der Waals surface area contributed by atoms with E-state index in [1.807, 2.05) is 42.2 Å². The van der Waals surface area contributed by atoms with Crippen molar-refractivity contribution in [1.29, 1.82) is 0 Å². The van der Waals surface area contributed by atoms with E-state index in [1.165, 1.54) is 0 Å². The smallest absolute Gasteiger partial charge is 0.226 e. The molecule has 0 bridgehead atoms. The molecular formula is C15H21NO3. The summed E-state index contributed by atoms with van der Waals surface area (Å²) in [5.41, 5.74) is -0.614. The summed E-state index contributed by atoms with van der Waals surface area (Å²) in [6.45, 7) is 3.50. The summed E-state index contributed by atoms with van der Waals surface area (Å²) in [6.07, 6.45) is 1.69. The van der Waals surface area contributed by atoms with Gasteiger partial charge in [-0.1, -0.05) is 18.2 Å². The van der Waals surface area contributed by atoms with Crippen molar-refractivity contribution in [3.05, 3.63) is 30.3 Å². The van der Waals surface area contributed by atoms with E-state index in [1.54, 1.807) is 0 Å². The molecule has 1 heterocycles. The molecule has 0 saturated carbocycles. The number of ether oxygens (including phenoxy) is 1. The number of carbonyl (C=O) groups excluding carboxylic acids is 1. The number of piperidine rings is 1. The molecule has 0 radical (unpaired) electrons. The molecule has 0 unspecified atom stereocenters. The van der Waals surface area contributed by atoms with E-state index in [9.17, 15) is 9.90 Å². The van der Waals surface area contributed by atoms with Gasteiger partial charge in [-0.15, -0.1) is 0 Å². The van der Waals surface area contributed by atoms with Crippen molar-refractivity contribution in [3.63, 3.8) is 0 Å². The summed E-state index contributed by atoms with van der Waals surface area (Å²) in [6, 6.07) is 9.50. The van der Waals surface area contributed by atoms with Gasteiger partial charge >= 0.3 is 0 Å². The van der Waals surface area contributed by atoms with Crippen LogP contribution in [-0.4, -0.2) is 41.2 Å². The average molecular weight is 263 g/mol. The van der Waals surface area contributed by atoms with E-state index in [2.05, 4.69) is 0 Å². The lowest BCUT2D eigenvalue weighted by Gasteiger charge is -2.35. The molecule has 0 aliphatic carbocycles. The van der Waals surface area contributed by atoms with E-state index in [0.717, 1.165) is 5.75 Å². The molecular weight excluding hydrogens is 242 g/mol. The van der Waals surface area contributed by atoms with Crippen LogP contribution in [0.2, 0.25) is 0 Å². The quantitative estimate of drug-likeness (QED) is 0.901. The predicted molar refractivity (Wildman–Crippen MR) is 73.0 cm³/mol. The number of hydrogen-bond donors (Lipinski definition) is 1. The van der Waals surface area contributed by atoms with Crippen LogP contribution in [0, 0.1) is 0 Å². The summed E-state index contributed by atoms with van der Waals surface area (Å²) < 4.78 is 5.51. The van der Waals surface area contributed by atoms with Crippen LogP contribution >= 0.6 is 0 Å². The SMILES string of the molecule is CC1(O)CCN(C(=O)CCOc2ccccc2)CC1. The molecule has 2 rings (SSSR count). The standard InChI is InChI=1S/C15H21NO3/c1-15(18)8-10-16(11-9-15)14(17)7-12-19-13-5-3-2-4-6-13/h2-6,18H,7-12H2,1H3. The summed E-state index contributed by atoms with van der Waals surface area (Å²) in [5.74, 6) is 0.892. The Balaban J connectivity index is 1.70. The highest BCUT2D eigenvalue weighted by Gasteiger charge is 2.29. The lowest BCUT2D eigenvalue weighted by Crippen LogP contribution is -2.45.